The maximum absolute atomic E-state index is 12.2. The van der Waals surface area contributed by atoms with Crippen LogP contribution in [0.25, 0.3) is 0 Å². The number of para-hydroxylation sites is 1. The van der Waals surface area contributed by atoms with Crippen LogP contribution in [0.4, 0.5) is 0 Å². The second kappa shape index (κ2) is 6.91. The lowest BCUT2D eigenvalue weighted by Gasteiger charge is -2.36. The molecule has 0 bridgehead atoms. The van der Waals surface area contributed by atoms with Gasteiger partial charge in [-0.05, 0) is 45.5 Å². The number of carbonyl (C=O) groups is 1. The quantitative estimate of drug-likeness (QED) is 0.794. The van der Waals surface area contributed by atoms with Gasteiger partial charge in [0.25, 0.3) is 5.91 Å². The Bertz CT molecular complexity index is 484. The first kappa shape index (κ1) is 15.8. The Morgan fingerprint density at radius 3 is 2.71 bits per heavy atom. The van der Waals surface area contributed by atoms with Gasteiger partial charge >= 0.3 is 0 Å². The normalized spacial score (nSPS) is 16.4. The lowest BCUT2D eigenvalue weighted by molar-refractivity contribution is -0.0300. The molecule has 116 valence electrons. The van der Waals surface area contributed by atoms with E-state index in [0.717, 1.165) is 25.8 Å². The summed E-state index contributed by atoms with van der Waals surface area (Å²) < 4.78 is 5.68. The van der Waals surface area contributed by atoms with Gasteiger partial charge in [-0.25, -0.2) is 0 Å². The van der Waals surface area contributed by atoms with Gasteiger partial charge in [-0.1, -0.05) is 12.1 Å². The molecule has 0 spiro atoms. The zero-order chi connectivity index (χ0) is 15.3. The number of amides is 1. The highest BCUT2D eigenvalue weighted by molar-refractivity contribution is 5.96. The molecule has 0 aliphatic heterocycles. The van der Waals surface area contributed by atoms with Crippen molar-refractivity contribution in [3.05, 3.63) is 29.8 Å². The third-order valence-electron chi connectivity index (χ3n) is 3.79. The van der Waals surface area contributed by atoms with Gasteiger partial charge in [-0.15, -0.1) is 0 Å². The van der Waals surface area contributed by atoms with Gasteiger partial charge in [0.05, 0.1) is 11.2 Å². The maximum atomic E-state index is 12.2. The number of carbonyl (C=O) groups excluding carboxylic acids is 1. The lowest BCUT2D eigenvalue weighted by Crippen LogP contribution is -2.47. The van der Waals surface area contributed by atoms with Crippen molar-refractivity contribution >= 4 is 5.91 Å². The number of hydrogen-bond donors (Lipinski definition) is 2. The minimum absolute atomic E-state index is 0.198. The first-order chi connectivity index (χ1) is 10.0. The van der Waals surface area contributed by atoms with Crippen LogP contribution in [0.3, 0.4) is 0 Å². The molecule has 2 rings (SSSR count). The van der Waals surface area contributed by atoms with E-state index >= 15 is 0 Å². The molecule has 0 saturated heterocycles. The molecule has 1 aromatic rings. The van der Waals surface area contributed by atoms with Crippen LogP contribution in [0.2, 0.25) is 0 Å². The van der Waals surface area contributed by atoms with E-state index in [9.17, 15) is 9.90 Å². The topological polar surface area (TPSA) is 61.8 Å². The third kappa shape index (κ3) is 4.44. The second-order valence-corrected chi connectivity index (χ2v) is 5.91. The molecule has 1 amide bonds. The highest BCUT2D eigenvalue weighted by Crippen LogP contribution is 2.30. The Labute approximate surface area is 125 Å². The minimum atomic E-state index is -0.712. The van der Waals surface area contributed by atoms with Crippen molar-refractivity contribution in [1.82, 2.24) is 10.2 Å². The summed E-state index contributed by atoms with van der Waals surface area (Å²) in [6, 6.07) is 7.20. The average Bonchev–Trinajstić information content (AvgIpc) is 2.43. The molecule has 1 fully saturated rings. The first-order valence-electron chi connectivity index (χ1n) is 7.37. The van der Waals surface area contributed by atoms with Crippen LogP contribution in [-0.2, 0) is 0 Å². The summed E-state index contributed by atoms with van der Waals surface area (Å²) in [5.41, 5.74) is -0.199. The molecular formula is C16H24N2O3. The molecule has 5 heteroatoms. The summed E-state index contributed by atoms with van der Waals surface area (Å²) in [4.78, 5) is 14.3. The minimum Gasteiger partial charge on any atom is -0.491 e. The summed E-state index contributed by atoms with van der Waals surface area (Å²) in [5, 5.41) is 12.8. The number of benzene rings is 1. The van der Waals surface area contributed by atoms with Crippen LogP contribution in [0.1, 0.15) is 29.6 Å². The van der Waals surface area contributed by atoms with Crippen molar-refractivity contribution in [3.63, 3.8) is 0 Å². The molecule has 0 unspecified atom stereocenters. The molecule has 0 heterocycles. The highest BCUT2D eigenvalue weighted by atomic mass is 16.5. The Hall–Kier alpha value is -1.59. The fraction of sp³-hybridized carbons (Fsp3) is 0.562. The predicted molar refractivity (Wildman–Crippen MR) is 81.6 cm³/mol. The van der Waals surface area contributed by atoms with Gasteiger partial charge in [0, 0.05) is 13.1 Å². The van der Waals surface area contributed by atoms with Crippen LogP contribution < -0.4 is 10.1 Å². The van der Waals surface area contributed by atoms with E-state index in [2.05, 4.69) is 5.32 Å². The molecule has 1 aromatic carbocycles. The second-order valence-electron chi connectivity index (χ2n) is 5.91. The Morgan fingerprint density at radius 2 is 2.10 bits per heavy atom. The van der Waals surface area contributed by atoms with Crippen molar-refractivity contribution in [2.75, 3.05) is 33.8 Å². The predicted octanol–water partition coefficient (Wildman–Crippen LogP) is 1.27. The van der Waals surface area contributed by atoms with Crippen molar-refractivity contribution < 1.29 is 14.6 Å². The van der Waals surface area contributed by atoms with E-state index in [1.165, 1.54) is 0 Å². The Kier molecular flexibility index (Phi) is 5.20. The van der Waals surface area contributed by atoms with Crippen molar-refractivity contribution in [1.29, 1.82) is 0 Å². The summed E-state index contributed by atoms with van der Waals surface area (Å²) >= 11 is 0. The smallest absolute Gasteiger partial charge is 0.255 e. The molecule has 0 atom stereocenters. The lowest BCUT2D eigenvalue weighted by atomic mass is 9.80. The maximum Gasteiger partial charge on any atom is 0.255 e. The molecule has 1 saturated carbocycles. The van der Waals surface area contributed by atoms with Gasteiger partial charge < -0.3 is 20.1 Å². The largest absolute Gasteiger partial charge is 0.491 e. The van der Waals surface area contributed by atoms with Crippen LogP contribution in [0, 0.1) is 0 Å². The van der Waals surface area contributed by atoms with E-state index in [1.807, 2.05) is 31.1 Å². The highest BCUT2D eigenvalue weighted by Gasteiger charge is 2.34. The number of likely N-dealkylation sites (N-methyl/N-ethyl adjacent to an activating group) is 1. The summed E-state index contributed by atoms with van der Waals surface area (Å²) in [6.45, 7) is 1.62. The van der Waals surface area contributed by atoms with Gasteiger partial charge in [-0.2, -0.15) is 0 Å². The van der Waals surface area contributed by atoms with E-state index in [1.54, 1.807) is 12.1 Å². The van der Waals surface area contributed by atoms with Gasteiger partial charge in [-0.3, -0.25) is 4.79 Å². The summed E-state index contributed by atoms with van der Waals surface area (Å²) in [5.74, 6) is 0.383. The molecular weight excluding hydrogens is 268 g/mol. The van der Waals surface area contributed by atoms with Crippen LogP contribution >= 0.6 is 0 Å². The monoisotopic (exact) mass is 292 g/mol. The van der Waals surface area contributed by atoms with E-state index in [0.29, 0.717) is 24.5 Å². The molecule has 2 N–H and O–H groups in total. The number of hydrogen-bond acceptors (Lipinski definition) is 4. The number of nitrogens with one attached hydrogen (secondary N) is 1. The fourth-order valence-corrected chi connectivity index (χ4v) is 2.22. The third-order valence-corrected chi connectivity index (χ3v) is 3.79. The van der Waals surface area contributed by atoms with Crippen molar-refractivity contribution in [2.24, 2.45) is 0 Å². The Balaban J connectivity index is 1.92. The first-order valence-corrected chi connectivity index (χ1v) is 7.37. The van der Waals surface area contributed by atoms with Gasteiger partial charge in [0.2, 0.25) is 0 Å². The van der Waals surface area contributed by atoms with Crippen LogP contribution in [-0.4, -0.2) is 55.3 Å². The zero-order valence-corrected chi connectivity index (χ0v) is 12.8. The van der Waals surface area contributed by atoms with E-state index in [4.69, 9.17) is 4.74 Å². The molecule has 21 heavy (non-hydrogen) atoms. The standard InChI is InChI=1S/C16H24N2O3/c1-18(2)10-11-21-14-7-4-3-6-13(14)15(19)17-12-16(20)8-5-9-16/h3-4,6-7,20H,5,8-12H2,1-2H3,(H,17,19). The van der Waals surface area contributed by atoms with Crippen molar-refractivity contribution in [2.45, 2.75) is 24.9 Å². The van der Waals surface area contributed by atoms with Crippen LogP contribution in [0.15, 0.2) is 24.3 Å². The summed E-state index contributed by atoms with van der Waals surface area (Å²) in [6.07, 6.45) is 2.54. The Morgan fingerprint density at radius 1 is 1.38 bits per heavy atom. The molecule has 0 aromatic heterocycles. The van der Waals surface area contributed by atoms with Crippen molar-refractivity contribution in [3.8, 4) is 5.75 Å². The zero-order valence-electron chi connectivity index (χ0n) is 12.8. The SMILES string of the molecule is CN(C)CCOc1ccccc1C(=O)NCC1(O)CCC1. The van der Waals surface area contributed by atoms with E-state index < -0.39 is 5.60 Å². The fourth-order valence-electron chi connectivity index (χ4n) is 2.22. The van der Waals surface area contributed by atoms with Gasteiger partial charge in [0.1, 0.15) is 12.4 Å². The van der Waals surface area contributed by atoms with Gasteiger partial charge in [0.15, 0.2) is 0 Å². The number of rotatable bonds is 7. The number of aliphatic hydroxyl groups is 1. The summed E-state index contributed by atoms with van der Waals surface area (Å²) in [7, 11) is 3.95. The molecule has 1 aliphatic rings. The van der Waals surface area contributed by atoms with E-state index in [-0.39, 0.29) is 5.91 Å². The number of nitrogens with zero attached hydrogens (tertiary/aromatic N) is 1. The molecule has 5 nitrogen and oxygen atoms in total. The molecule has 0 radical (unpaired) electrons. The number of ether oxygens (including phenoxy) is 1. The average molecular weight is 292 g/mol. The molecule has 1 aliphatic carbocycles. The van der Waals surface area contributed by atoms with Crippen LogP contribution in [0.5, 0.6) is 5.75 Å².